The second-order valence-electron chi connectivity index (χ2n) is 5.89. The van der Waals surface area contributed by atoms with Gasteiger partial charge in [0.2, 0.25) is 5.91 Å². The van der Waals surface area contributed by atoms with Crippen molar-refractivity contribution >= 4 is 34.8 Å². The molecule has 2 rings (SSSR count). The molecule has 27 heavy (non-hydrogen) atoms. The minimum atomic E-state index is -0.304. The fourth-order valence-corrected chi connectivity index (χ4v) is 2.53. The Morgan fingerprint density at radius 2 is 1.78 bits per heavy atom. The number of ether oxygens (including phenoxy) is 2. The Kier molecular flexibility index (Phi) is 7.49. The zero-order chi connectivity index (χ0) is 19.8. The quantitative estimate of drug-likeness (QED) is 0.638. The van der Waals surface area contributed by atoms with E-state index in [2.05, 4.69) is 17.6 Å². The van der Waals surface area contributed by atoms with E-state index in [-0.39, 0.29) is 11.8 Å². The lowest BCUT2D eigenvalue weighted by molar-refractivity contribution is -0.114. The molecule has 0 aromatic heterocycles. The molecule has 0 saturated carbocycles. The first-order chi connectivity index (χ1) is 12.9. The van der Waals surface area contributed by atoms with Gasteiger partial charge in [-0.3, -0.25) is 9.59 Å². The third-order valence-corrected chi connectivity index (χ3v) is 4.05. The molecular weight excluding hydrogens is 368 g/mol. The predicted molar refractivity (Wildman–Crippen MR) is 107 cm³/mol. The molecule has 0 fully saturated rings. The summed E-state index contributed by atoms with van der Waals surface area (Å²) >= 11 is 6.24. The normalized spacial score (nSPS) is 10.2. The van der Waals surface area contributed by atoms with E-state index in [1.54, 1.807) is 43.5 Å². The summed E-state index contributed by atoms with van der Waals surface area (Å²) in [6.07, 6.45) is 1.84. The first kappa shape index (κ1) is 20.6. The zero-order valence-electron chi connectivity index (χ0n) is 15.6. The van der Waals surface area contributed by atoms with Crippen LogP contribution in [0.2, 0.25) is 5.02 Å². The fraction of sp³-hybridized carbons (Fsp3) is 0.300. The van der Waals surface area contributed by atoms with Gasteiger partial charge in [0.1, 0.15) is 11.5 Å². The highest BCUT2D eigenvalue weighted by Gasteiger charge is 2.15. The molecule has 6 nitrogen and oxygen atoms in total. The van der Waals surface area contributed by atoms with Crippen LogP contribution in [-0.4, -0.2) is 25.5 Å². The highest BCUT2D eigenvalue weighted by atomic mass is 35.5. The van der Waals surface area contributed by atoms with Gasteiger partial charge in [0.05, 0.1) is 30.1 Å². The monoisotopic (exact) mass is 390 g/mol. The van der Waals surface area contributed by atoms with E-state index >= 15 is 0 Å². The number of amides is 2. The molecular formula is C20H23ClN2O4. The van der Waals surface area contributed by atoms with E-state index < -0.39 is 0 Å². The number of hydrogen-bond donors (Lipinski definition) is 2. The molecule has 7 heteroatoms. The number of carbonyl (C=O) groups is 2. The molecule has 2 amide bonds. The number of anilines is 2. The topological polar surface area (TPSA) is 76.7 Å². The lowest BCUT2D eigenvalue weighted by atomic mass is 10.2. The molecule has 2 aromatic carbocycles. The maximum Gasteiger partial charge on any atom is 0.255 e. The fourth-order valence-electron chi connectivity index (χ4n) is 2.32. The van der Waals surface area contributed by atoms with Crippen LogP contribution in [0.15, 0.2) is 36.4 Å². The zero-order valence-corrected chi connectivity index (χ0v) is 16.4. The van der Waals surface area contributed by atoms with E-state index in [9.17, 15) is 9.59 Å². The van der Waals surface area contributed by atoms with Crippen LogP contribution in [0.3, 0.4) is 0 Å². The number of rotatable bonds is 8. The van der Waals surface area contributed by atoms with E-state index in [0.717, 1.165) is 12.8 Å². The number of nitrogens with one attached hydrogen (secondary N) is 2. The Labute approximate surface area is 163 Å². The smallest absolute Gasteiger partial charge is 0.255 e. The third-order valence-electron chi connectivity index (χ3n) is 3.74. The van der Waals surface area contributed by atoms with Crippen molar-refractivity contribution in [1.29, 1.82) is 0 Å². The van der Waals surface area contributed by atoms with Crippen LogP contribution >= 0.6 is 11.6 Å². The SMILES string of the molecule is CCCCOc1cc(NC(C)=O)c(Cl)cc1NC(=O)c1ccc(OC)cc1. The van der Waals surface area contributed by atoms with Crippen molar-refractivity contribution in [1.82, 2.24) is 0 Å². The standard InChI is InChI=1S/C20H23ClN2O4/c1-4-5-10-27-19-12-17(22-13(2)24)16(21)11-18(19)23-20(25)14-6-8-15(26-3)9-7-14/h6-9,11-12H,4-5,10H2,1-3H3,(H,22,24)(H,23,25). The van der Waals surface area contributed by atoms with Crippen molar-refractivity contribution in [3.05, 3.63) is 47.0 Å². The van der Waals surface area contributed by atoms with Gasteiger partial charge in [-0.15, -0.1) is 0 Å². The summed E-state index contributed by atoms with van der Waals surface area (Å²) in [4.78, 5) is 23.9. The van der Waals surface area contributed by atoms with Crippen LogP contribution in [0.1, 0.15) is 37.0 Å². The van der Waals surface area contributed by atoms with Gasteiger partial charge in [0, 0.05) is 18.6 Å². The number of benzene rings is 2. The number of halogens is 1. The number of carbonyl (C=O) groups excluding carboxylic acids is 2. The van der Waals surface area contributed by atoms with Gasteiger partial charge in [0.15, 0.2) is 0 Å². The summed E-state index contributed by atoms with van der Waals surface area (Å²) in [6, 6.07) is 9.93. The van der Waals surface area contributed by atoms with Crippen LogP contribution in [-0.2, 0) is 4.79 Å². The van der Waals surface area contributed by atoms with Gasteiger partial charge in [-0.25, -0.2) is 0 Å². The third kappa shape index (κ3) is 5.89. The number of methoxy groups -OCH3 is 1. The van der Waals surface area contributed by atoms with Crippen LogP contribution in [0.25, 0.3) is 0 Å². The second kappa shape index (κ2) is 9.83. The van der Waals surface area contributed by atoms with Crippen molar-refractivity contribution in [2.45, 2.75) is 26.7 Å². The average Bonchev–Trinajstić information content (AvgIpc) is 2.65. The van der Waals surface area contributed by atoms with Crippen molar-refractivity contribution in [2.24, 2.45) is 0 Å². The van der Waals surface area contributed by atoms with E-state index in [1.165, 1.54) is 6.92 Å². The summed E-state index contributed by atoms with van der Waals surface area (Å²) in [5.41, 5.74) is 1.33. The largest absolute Gasteiger partial charge is 0.497 e. The van der Waals surface area contributed by atoms with Gasteiger partial charge in [-0.05, 0) is 36.8 Å². The number of hydrogen-bond acceptors (Lipinski definition) is 4. The Hall–Kier alpha value is -2.73. The summed E-state index contributed by atoms with van der Waals surface area (Å²) < 4.78 is 10.9. The minimum absolute atomic E-state index is 0.244. The summed E-state index contributed by atoms with van der Waals surface area (Å²) in [7, 11) is 1.56. The van der Waals surface area contributed by atoms with Crippen molar-refractivity contribution in [2.75, 3.05) is 24.4 Å². The predicted octanol–water partition coefficient (Wildman–Crippen LogP) is 4.74. The molecule has 0 aliphatic heterocycles. The molecule has 0 unspecified atom stereocenters. The van der Waals surface area contributed by atoms with E-state index in [1.807, 2.05) is 0 Å². The molecule has 0 radical (unpaired) electrons. The van der Waals surface area contributed by atoms with Gasteiger partial charge < -0.3 is 20.1 Å². The summed E-state index contributed by atoms with van der Waals surface area (Å²) in [5.74, 6) is 0.559. The molecule has 0 bridgehead atoms. The highest BCUT2D eigenvalue weighted by molar-refractivity contribution is 6.34. The Balaban J connectivity index is 2.27. The van der Waals surface area contributed by atoms with E-state index in [4.69, 9.17) is 21.1 Å². The molecule has 2 aromatic rings. The maximum atomic E-state index is 12.5. The van der Waals surface area contributed by atoms with E-state index in [0.29, 0.717) is 40.1 Å². The molecule has 0 aliphatic rings. The maximum absolute atomic E-state index is 12.5. The van der Waals surface area contributed by atoms with Crippen molar-refractivity contribution < 1.29 is 19.1 Å². The molecule has 2 N–H and O–H groups in total. The molecule has 0 aliphatic carbocycles. The molecule has 0 atom stereocenters. The summed E-state index contributed by atoms with van der Waals surface area (Å²) in [5, 5.41) is 5.77. The lowest BCUT2D eigenvalue weighted by Crippen LogP contribution is -2.14. The Morgan fingerprint density at radius 3 is 2.37 bits per heavy atom. The average molecular weight is 391 g/mol. The van der Waals surface area contributed by atoms with Crippen molar-refractivity contribution in [3.8, 4) is 11.5 Å². The van der Waals surface area contributed by atoms with Crippen LogP contribution in [0.4, 0.5) is 11.4 Å². The van der Waals surface area contributed by atoms with Crippen LogP contribution in [0, 0.1) is 0 Å². The van der Waals surface area contributed by atoms with Crippen molar-refractivity contribution in [3.63, 3.8) is 0 Å². The second-order valence-corrected chi connectivity index (χ2v) is 6.30. The van der Waals surface area contributed by atoms with Crippen LogP contribution in [0.5, 0.6) is 11.5 Å². The lowest BCUT2D eigenvalue weighted by Gasteiger charge is -2.16. The Bertz CT molecular complexity index is 806. The highest BCUT2D eigenvalue weighted by Crippen LogP contribution is 2.35. The first-order valence-corrected chi connectivity index (χ1v) is 9.01. The van der Waals surface area contributed by atoms with Crippen LogP contribution < -0.4 is 20.1 Å². The summed E-state index contributed by atoms with van der Waals surface area (Å²) in [6.45, 7) is 3.94. The Morgan fingerprint density at radius 1 is 1.07 bits per heavy atom. The number of unbranched alkanes of at least 4 members (excludes halogenated alkanes) is 1. The minimum Gasteiger partial charge on any atom is -0.497 e. The van der Waals surface area contributed by atoms with Gasteiger partial charge >= 0.3 is 0 Å². The molecule has 0 saturated heterocycles. The first-order valence-electron chi connectivity index (χ1n) is 8.64. The molecule has 144 valence electrons. The van der Waals surface area contributed by atoms with Gasteiger partial charge in [0.25, 0.3) is 5.91 Å². The van der Waals surface area contributed by atoms with Gasteiger partial charge in [-0.1, -0.05) is 24.9 Å². The molecule has 0 spiro atoms. The van der Waals surface area contributed by atoms with Gasteiger partial charge in [-0.2, -0.15) is 0 Å². The molecule has 0 heterocycles.